The van der Waals surface area contributed by atoms with Gasteiger partial charge in [-0.3, -0.25) is 9.10 Å². The second-order valence-corrected chi connectivity index (χ2v) is 9.45. The maximum absolute atomic E-state index is 13.5. The average Bonchev–Trinajstić information content (AvgIpc) is 2.79. The van der Waals surface area contributed by atoms with E-state index in [9.17, 15) is 17.6 Å². The third-order valence-electron chi connectivity index (χ3n) is 5.08. The molecular weight excluding hydrogens is 443 g/mol. The number of benzene rings is 3. The molecule has 0 fully saturated rings. The minimum atomic E-state index is -4.06. The van der Waals surface area contributed by atoms with E-state index in [2.05, 4.69) is 5.32 Å². The SMILES string of the molecule is CCOc1ccc([C@H](C)NC(=O)CN(c2ccc(F)cc2)S(=O)(=O)c2ccc(C)cc2)cc1. The van der Waals surface area contributed by atoms with E-state index in [1.165, 1.54) is 24.3 Å². The van der Waals surface area contributed by atoms with Gasteiger partial charge in [0.1, 0.15) is 18.1 Å². The molecule has 0 saturated heterocycles. The van der Waals surface area contributed by atoms with E-state index in [1.807, 2.05) is 45.0 Å². The molecule has 0 aliphatic rings. The fourth-order valence-electron chi connectivity index (χ4n) is 3.28. The molecule has 1 atom stereocenters. The van der Waals surface area contributed by atoms with Crippen LogP contribution in [0.1, 0.15) is 31.0 Å². The van der Waals surface area contributed by atoms with Gasteiger partial charge < -0.3 is 10.1 Å². The lowest BCUT2D eigenvalue weighted by molar-refractivity contribution is -0.120. The number of amides is 1. The van der Waals surface area contributed by atoms with Crippen LogP contribution in [0.2, 0.25) is 0 Å². The highest BCUT2D eigenvalue weighted by Crippen LogP contribution is 2.25. The van der Waals surface area contributed by atoms with E-state index in [0.717, 1.165) is 33.3 Å². The predicted octanol–water partition coefficient (Wildman–Crippen LogP) is 4.61. The lowest BCUT2D eigenvalue weighted by Crippen LogP contribution is -2.41. The molecule has 0 aliphatic heterocycles. The van der Waals surface area contributed by atoms with Gasteiger partial charge in [0.05, 0.1) is 23.2 Å². The van der Waals surface area contributed by atoms with E-state index >= 15 is 0 Å². The fraction of sp³-hybridized carbons (Fsp3) is 0.240. The number of ether oxygens (including phenoxy) is 1. The number of hydrogen-bond donors (Lipinski definition) is 1. The Hall–Kier alpha value is -3.39. The molecule has 0 spiro atoms. The summed E-state index contributed by atoms with van der Waals surface area (Å²) in [6, 6.07) is 18.3. The molecule has 0 bridgehead atoms. The van der Waals surface area contributed by atoms with Crippen molar-refractivity contribution in [1.29, 1.82) is 0 Å². The monoisotopic (exact) mass is 470 g/mol. The molecule has 8 heteroatoms. The molecule has 0 unspecified atom stereocenters. The van der Waals surface area contributed by atoms with Crippen molar-refractivity contribution in [3.05, 3.63) is 89.7 Å². The van der Waals surface area contributed by atoms with Crippen LogP contribution in [0, 0.1) is 12.7 Å². The first-order chi connectivity index (χ1) is 15.7. The van der Waals surface area contributed by atoms with Crippen molar-refractivity contribution in [2.24, 2.45) is 0 Å². The van der Waals surface area contributed by atoms with Crippen LogP contribution in [-0.4, -0.2) is 27.5 Å². The predicted molar refractivity (Wildman–Crippen MR) is 126 cm³/mol. The Bertz CT molecular complexity index is 1180. The summed E-state index contributed by atoms with van der Waals surface area (Å²) in [5.41, 5.74) is 1.95. The van der Waals surface area contributed by atoms with Gasteiger partial charge in [-0.1, -0.05) is 29.8 Å². The van der Waals surface area contributed by atoms with E-state index in [4.69, 9.17) is 4.74 Å². The summed E-state index contributed by atoms with van der Waals surface area (Å²) in [6.45, 7) is 5.66. The van der Waals surface area contributed by atoms with Crippen molar-refractivity contribution in [2.75, 3.05) is 17.5 Å². The van der Waals surface area contributed by atoms with E-state index < -0.39 is 28.3 Å². The van der Waals surface area contributed by atoms with E-state index in [0.29, 0.717) is 6.61 Å². The van der Waals surface area contributed by atoms with Gasteiger partial charge >= 0.3 is 0 Å². The molecule has 3 aromatic carbocycles. The number of carbonyl (C=O) groups excluding carboxylic acids is 1. The molecule has 1 N–H and O–H groups in total. The Morgan fingerprint density at radius 1 is 1.00 bits per heavy atom. The standard InChI is InChI=1S/C25H27FN2O4S/c1-4-32-23-13-7-20(8-14-23)19(3)27-25(29)17-28(22-11-9-21(26)10-12-22)33(30,31)24-15-5-18(2)6-16-24/h5-16,19H,4,17H2,1-3H3,(H,27,29)/t19-/m0/s1. The molecule has 0 aromatic heterocycles. The molecule has 0 aliphatic carbocycles. The Labute approximate surface area is 194 Å². The second-order valence-electron chi connectivity index (χ2n) is 7.59. The van der Waals surface area contributed by atoms with Gasteiger partial charge in [-0.15, -0.1) is 0 Å². The molecular formula is C25H27FN2O4S. The van der Waals surface area contributed by atoms with Crippen LogP contribution in [-0.2, 0) is 14.8 Å². The van der Waals surface area contributed by atoms with Gasteiger partial charge in [0, 0.05) is 0 Å². The van der Waals surface area contributed by atoms with Crippen LogP contribution in [0.5, 0.6) is 5.75 Å². The zero-order chi connectivity index (χ0) is 24.0. The highest BCUT2D eigenvalue weighted by molar-refractivity contribution is 7.92. The number of sulfonamides is 1. The van der Waals surface area contributed by atoms with E-state index in [-0.39, 0.29) is 16.6 Å². The van der Waals surface area contributed by atoms with Gasteiger partial charge in [-0.2, -0.15) is 0 Å². The van der Waals surface area contributed by atoms with E-state index in [1.54, 1.807) is 12.1 Å². The quantitative estimate of drug-likeness (QED) is 0.496. The highest BCUT2D eigenvalue weighted by atomic mass is 32.2. The smallest absolute Gasteiger partial charge is 0.264 e. The Morgan fingerprint density at radius 3 is 2.18 bits per heavy atom. The number of nitrogens with one attached hydrogen (secondary N) is 1. The first-order valence-corrected chi connectivity index (χ1v) is 12.0. The molecule has 0 heterocycles. The Morgan fingerprint density at radius 2 is 1.61 bits per heavy atom. The van der Waals surface area contributed by atoms with Crippen LogP contribution in [0.4, 0.5) is 10.1 Å². The molecule has 6 nitrogen and oxygen atoms in total. The molecule has 33 heavy (non-hydrogen) atoms. The fourth-order valence-corrected chi connectivity index (χ4v) is 4.70. The van der Waals surface area contributed by atoms with Crippen LogP contribution >= 0.6 is 0 Å². The average molecular weight is 471 g/mol. The van der Waals surface area contributed by atoms with Gasteiger partial charge in [-0.25, -0.2) is 12.8 Å². The summed E-state index contributed by atoms with van der Waals surface area (Å²) in [5, 5.41) is 2.83. The zero-order valence-corrected chi connectivity index (χ0v) is 19.6. The van der Waals surface area contributed by atoms with Gasteiger partial charge in [0.25, 0.3) is 10.0 Å². The second kappa shape index (κ2) is 10.5. The summed E-state index contributed by atoms with van der Waals surface area (Å²) >= 11 is 0. The van der Waals surface area contributed by atoms with Crippen molar-refractivity contribution in [1.82, 2.24) is 5.32 Å². The number of nitrogens with zero attached hydrogens (tertiary/aromatic N) is 1. The van der Waals surface area contributed by atoms with Crippen LogP contribution in [0.3, 0.4) is 0 Å². The number of hydrogen-bond acceptors (Lipinski definition) is 4. The summed E-state index contributed by atoms with van der Waals surface area (Å²) < 4.78 is 46.6. The van der Waals surface area contributed by atoms with Crippen molar-refractivity contribution in [2.45, 2.75) is 31.7 Å². The minimum absolute atomic E-state index is 0.0461. The normalized spacial score (nSPS) is 12.1. The van der Waals surface area contributed by atoms with Gasteiger partial charge in [-0.05, 0) is 74.9 Å². The lowest BCUT2D eigenvalue weighted by atomic mass is 10.1. The Kier molecular flexibility index (Phi) is 7.71. The van der Waals surface area contributed by atoms with Gasteiger partial charge in [0.2, 0.25) is 5.91 Å². The zero-order valence-electron chi connectivity index (χ0n) is 18.8. The van der Waals surface area contributed by atoms with Crippen molar-refractivity contribution >= 4 is 21.6 Å². The third-order valence-corrected chi connectivity index (χ3v) is 6.87. The first kappa shape index (κ1) is 24.3. The molecule has 3 rings (SSSR count). The third kappa shape index (κ3) is 6.10. The molecule has 0 radical (unpaired) electrons. The molecule has 0 saturated carbocycles. The number of carbonyl (C=O) groups is 1. The summed E-state index contributed by atoms with van der Waals surface area (Å²) in [4.78, 5) is 12.9. The molecule has 1 amide bonds. The highest BCUT2D eigenvalue weighted by Gasteiger charge is 2.27. The van der Waals surface area contributed by atoms with Crippen molar-refractivity contribution < 1.29 is 22.3 Å². The molecule has 3 aromatic rings. The molecule has 174 valence electrons. The van der Waals surface area contributed by atoms with Crippen molar-refractivity contribution in [3.8, 4) is 5.75 Å². The van der Waals surface area contributed by atoms with Crippen LogP contribution in [0.25, 0.3) is 0 Å². The lowest BCUT2D eigenvalue weighted by Gasteiger charge is -2.25. The van der Waals surface area contributed by atoms with Crippen molar-refractivity contribution in [3.63, 3.8) is 0 Å². The number of aryl methyl sites for hydroxylation is 1. The summed E-state index contributed by atoms with van der Waals surface area (Å²) in [5.74, 6) is -0.261. The number of anilines is 1. The number of halogens is 1. The number of rotatable bonds is 9. The largest absolute Gasteiger partial charge is 0.494 e. The summed E-state index contributed by atoms with van der Waals surface area (Å²) in [6.07, 6.45) is 0. The van der Waals surface area contributed by atoms with Gasteiger partial charge in [0.15, 0.2) is 0 Å². The minimum Gasteiger partial charge on any atom is -0.494 e. The van der Waals surface area contributed by atoms with Crippen LogP contribution in [0.15, 0.2) is 77.7 Å². The summed E-state index contributed by atoms with van der Waals surface area (Å²) in [7, 11) is -4.06. The topological polar surface area (TPSA) is 75.7 Å². The first-order valence-electron chi connectivity index (χ1n) is 10.6. The maximum Gasteiger partial charge on any atom is 0.264 e. The van der Waals surface area contributed by atoms with Crippen LogP contribution < -0.4 is 14.4 Å². The maximum atomic E-state index is 13.5. The Balaban J connectivity index is 1.83.